The molecule has 0 N–H and O–H groups in total. The van der Waals surface area contributed by atoms with Gasteiger partial charge in [0, 0.05) is 26.1 Å². The number of rotatable bonds is 6. The van der Waals surface area contributed by atoms with Crippen molar-refractivity contribution in [3.8, 4) is 5.75 Å². The molecule has 3 rings (SSSR count). The summed E-state index contributed by atoms with van der Waals surface area (Å²) in [5.41, 5.74) is 2.24. The molecule has 1 aromatic carbocycles. The Hall–Kier alpha value is -2.08. The zero-order valence-corrected chi connectivity index (χ0v) is 16.2. The second kappa shape index (κ2) is 7.66. The summed E-state index contributed by atoms with van der Waals surface area (Å²) in [6.07, 6.45) is 0.381. The lowest BCUT2D eigenvalue weighted by Crippen LogP contribution is -2.58. The molecular weight excluding hydrogens is 330 g/mol. The highest BCUT2D eigenvalue weighted by atomic mass is 16.5. The average molecular weight is 359 g/mol. The maximum Gasteiger partial charge on any atom is 0.228 e. The number of hydrogen-bond donors (Lipinski definition) is 0. The molecule has 0 bridgehead atoms. The van der Waals surface area contributed by atoms with Gasteiger partial charge in [-0.05, 0) is 39.1 Å². The largest absolute Gasteiger partial charge is 0.486 e. The molecule has 2 aliphatic rings. The van der Waals surface area contributed by atoms with Gasteiger partial charge in [0.25, 0.3) is 0 Å². The van der Waals surface area contributed by atoms with E-state index in [9.17, 15) is 9.59 Å². The summed E-state index contributed by atoms with van der Waals surface area (Å²) < 4.78 is 6.09. The van der Waals surface area contributed by atoms with Gasteiger partial charge in [0.1, 0.15) is 11.9 Å². The molecule has 6 heteroatoms. The molecule has 26 heavy (non-hydrogen) atoms. The highest BCUT2D eigenvalue weighted by Gasteiger charge is 2.41. The lowest BCUT2D eigenvalue weighted by Gasteiger charge is -2.40. The average Bonchev–Trinajstić information content (AvgIpc) is 2.91. The summed E-state index contributed by atoms with van der Waals surface area (Å²) in [4.78, 5) is 30.5. The smallest absolute Gasteiger partial charge is 0.228 e. The van der Waals surface area contributed by atoms with Gasteiger partial charge in [-0.2, -0.15) is 0 Å². The Balaban J connectivity index is 1.49. The number of amides is 2. The summed E-state index contributed by atoms with van der Waals surface area (Å²) in [6.45, 7) is 7.34. The number of carbonyl (C=O) groups is 2. The summed E-state index contributed by atoms with van der Waals surface area (Å²) in [6, 6.07) is 6.10. The molecule has 2 amide bonds. The fraction of sp³-hybridized carbons (Fsp3) is 0.600. The second-order valence-corrected chi connectivity index (χ2v) is 7.75. The lowest BCUT2D eigenvalue weighted by molar-refractivity contribution is -0.144. The van der Waals surface area contributed by atoms with Crippen LogP contribution >= 0.6 is 0 Å². The number of aryl methyl sites for hydroxylation is 2. The summed E-state index contributed by atoms with van der Waals surface area (Å²) in [5, 5.41) is 0. The Labute approximate surface area is 155 Å². The van der Waals surface area contributed by atoms with E-state index in [-0.39, 0.29) is 23.8 Å². The summed E-state index contributed by atoms with van der Waals surface area (Å²) in [5.74, 6) is 0.905. The van der Waals surface area contributed by atoms with Crippen molar-refractivity contribution < 1.29 is 14.3 Å². The predicted octanol–water partition coefficient (Wildman–Crippen LogP) is 1.30. The van der Waals surface area contributed by atoms with Crippen molar-refractivity contribution in [3.63, 3.8) is 0 Å². The zero-order valence-electron chi connectivity index (χ0n) is 16.2. The first-order chi connectivity index (χ1) is 12.3. The van der Waals surface area contributed by atoms with Gasteiger partial charge in [-0.3, -0.25) is 9.59 Å². The Morgan fingerprint density at radius 3 is 2.46 bits per heavy atom. The minimum atomic E-state index is -0.203. The second-order valence-electron chi connectivity index (χ2n) is 7.75. The molecule has 2 heterocycles. The molecule has 6 nitrogen and oxygen atoms in total. The minimum absolute atomic E-state index is 0.0423. The molecule has 142 valence electrons. The molecule has 1 atom stereocenters. The van der Waals surface area contributed by atoms with Gasteiger partial charge in [-0.1, -0.05) is 18.2 Å². The highest BCUT2D eigenvalue weighted by Crippen LogP contribution is 2.28. The summed E-state index contributed by atoms with van der Waals surface area (Å²) >= 11 is 0. The van der Waals surface area contributed by atoms with Crippen LogP contribution in [-0.2, 0) is 9.59 Å². The number of likely N-dealkylation sites (tertiary alicyclic amines) is 2. The van der Waals surface area contributed by atoms with Gasteiger partial charge in [0.05, 0.1) is 19.0 Å². The predicted molar refractivity (Wildman–Crippen MR) is 100 cm³/mol. The van der Waals surface area contributed by atoms with Gasteiger partial charge in [0.2, 0.25) is 11.8 Å². The van der Waals surface area contributed by atoms with Gasteiger partial charge >= 0.3 is 0 Å². The van der Waals surface area contributed by atoms with Gasteiger partial charge in [-0.25, -0.2) is 0 Å². The van der Waals surface area contributed by atoms with E-state index < -0.39 is 0 Å². The van der Waals surface area contributed by atoms with Gasteiger partial charge < -0.3 is 19.4 Å². The molecule has 1 aromatic rings. The van der Waals surface area contributed by atoms with Crippen molar-refractivity contribution in [1.82, 2.24) is 14.7 Å². The van der Waals surface area contributed by atoms with Crippen molar-refractivity contribution in [1.29, 1.82) is 0 Å². The van der Waals surface area contributed by atoms with E-state index >= 15 is 0 Å². The van der Waals surface area contributed by atoms with Crippen molar-refractivity contribution in [3.05, 3.63) is 29.3 Å². The van der Waals surface area contributed by atoms with E-state index in [0.29, 0.717) is 32.6 Å². The molecule has 0 radical (unpaired) electrons. The fourth-order valence-corrected chi connectivity index (χ4v) is 3.58. The number of ether oxygens (including phenoxy) is 1. The van der Waals surface area contributed by atoms with Gasteiger partial charge in [0.15, 0.2) is 0 Å². The van der Waals surface area contributed by atoms with Crippen LogP contribution in [0.5, 0.6) is 5.75 Å². The number of para-hydroxylation sites is 1. The molecule has 0 spiro atoms. The maximum absolute atomic E-state index is 12.7. The highest BCUT2D eigenvalue weighted by molar-refractivity contribution is 5.89. The van der Waals surface area contributed by atoms with Crippen LogP contribution in [0.25, 0.3) is 0 Å². The molecule has 0 aliphatic carbocycles. The molecule has 0 saturated carbocycles. The fourth-order valence-electron chi connectivity index (χ4n) is 3.58. The Bertz CT molecular complexity index is 663. The maximum atomic E-state index is 12.7. The third-order valence-electron chi connectivity index (χ3n) is 5.23. The normalized spacial score (nSPS) is 20.7. The molecule has 0 aromatic heterocycles. The Morgan fingerprint density at radius 1 is 1.19 bits per heavy atom. The molecule has 2 aliphatic heterocycles. The van der Waals surface area contributed by atoms with Crippen LogP contribution in [-0.4, -0.2) is 79.4 Å². The number of benzene rings is 1. The van der Waals surface area contributed by atoms with Crippen LogP contribution in [0.15, 0.2) is 18.2 Å². The van der Waals surface area contributed by atoms with E-state index in [1.165, 1.54) is 0 Å². The van der Waals surface area contributed by atoms with Crippen LogP contribution in [0, 0.1) is 19.8 Å². The third-order valence-corrected chi connectivity index (χ3v) is 5.23. The first kappa shape index (κ1) is 18.7. The molecule has 2 fully saturated rings. The standard InChI is InChI=1S/C20H29N3O3/c1-14-6-5-7-15(2)19(14)26-17-12-23(13-17)20(25)16-10-18(24)22(11-16)9-8-21(3)4/h5-7,16-17H,8-13H2,1-4H3/t16-/m1/s1. The summed E-state index contributed by atoms with van der Waals surface area (Å²) in [7, 11) is 3.97. The van der Waals surface area contributed by atoms with E-state index in [1.807, 2.05) is 60.8 Å². The SMILES string of the molecule is Cc1cccc(C)c1OC1CN(C(=O)[C@@H]2CC(=O)N(CCN(C)C)C2)C1. The van der Waals surface area contributed by atoms with E-state index in [1.54, 1.807) is 0 Å². The van der Waals surface area contributed by atoms with Crippen LogP contribution in [0.2, 0.25) is 0 Å². The van der Waals surface area contributed by atoms with Crippen molar-refractivity contribution in [2.24, 2.45) is 5.92 Å². The van der Waals surface area contributed by atoms with Crippen molar-refractivity contribution in [2.45, 2.75) is 26.4 Å². The van der Waals surface area contributed by atoms with Crippen molar-refractivity contribution in [2.75, 3.05) is 46.8 Å². The van der Waals surface area contributed by atoms with Crippen LogP contribution < -0.4 is 4.74 Å². The quantitative estimate of drug-likeness (QED) is 0.768. The molecule has 2 saturated heterocycles. The Morgan fingerprint density at radius 2 is 1.85 bits per heavy atom. The molecule has 0 unspecified atom stereocenters. The topological polar surface area (TPSA) is 53.1 Å². The first-order valence-electron chi connectivity index (χ1n) is 9.29. The number of nitrogens with zero attached hydrogens (tertiary/aromatic N) is 3. The minimum Gasteiger partial charge on any atom is -0.486 e. The van der Waals surface area contributed by atoms with Crippen LogP contribution in [0.3, 0.4) is 0 Å². The Kier molecular flexibility index (Phi) is 5.51. The zero-order chi connectivity index (χ0) is 18.8. The van der Waals surface area contributed by atoms with Crippen LogP contribution in [0.1, 0.15) is 17.5 Å². The number of carbonyl (C=O) groups excluding carboxylic acids is 2. The van der Waals surface area contributed by atoms with Gasteiger partial charge in [-0.15, -0.1) is 0 Å². The molecular formula is C20H29N3O3. The monoisotopic (exact) mass is 359 g/mol. The van der Waals surface area contributed by atoms with E-state index in [2.05, 4.69) is 0 Å². The first-order valence-corrected chi connectivity index (χ1v) is 9.29. The lowest BCUT2D eigenvalue weighted by atomic mass is 10.0. The third kappa shape index (κ3) is 4.01. The number of hydrogen-bond acceptors (Lipinski definition) is 4. The number of likely N-dealkylation sites (N-methyl/N-ethyl adjacent to an activating group) is 1. The van der Waals surface area contributed by atoms with Crippen molar-refractivity contribution >= 4 is 11.8 Å². The van der Waals surface area contributed by atoms with Crippen LogP contribution in [0.4, 0.5) is 0 Å². The van der Waals surface area contributed by atoms with E-state index in [4.69, 9.17) is 4.74 Å². The van der Waals surface area contributed by atoms with E-state index in [0.717, 1.165) is 23.4 Å².